The fourth-order valence-corrected chi connectivity index (χ4v) is 5.22. The molecule has 11 heteroatoms. The Morgan fingerprint density at radius 3 is 2.18 bits per heavy atom. The smallest absolute Gasteiger partial charge is 0.244 e. The molecule has 3 aromatic rings. The monoisotopic (exact) mass is 591 g/mol. The van der Waals surface area contributed by atoms with Crippen molar-refractivity contribution in [2.24, 2.45) is 0 Å². The van der Waals surface area contributed by atoms with Gasteiger partial charge in [0.15, 0.2) is 0 Å². The molecule has 0 saturated heterocycles. The highest BCUT2D eigenvalue weighted by Crippen LogP contribution is 2.33. The predicted octanol–water partition coefficient (Wildman–Crippen LogP) is 4.54. The molecule has 0 aromatic heterocycles. The summed E-state index contributed by atoms with van der Waals surface area (Å²) < 4.78 is 32.1. The van der Waals surface area contributed by atoms with Gasteiger partial charge in [-0.15, -0.1) is 0 Å². The van der Waals surface area contributed by atoms with E-state index in [0.29, 0.717) is 11.6 Å². The van der Waals surface area contributed by atoms with E-state index in [-0.39, 0.29) is 35.3 Å². The first-order valence-corrected chi connectivity index (χ1v) is 14.8. The van der Waals surface area contributed by atoms with Crippen molar-refractivity contribution in [2.45, 2.75) is 25.9 Å². The van der Waals surface area contributed by atoms with Crippen LogP contribution in [0.4, 0.5) is 5.69 Å². The van der Waals surface area contributed by atoms with Gasteiger partial charge in [0.1, 0.15) is 18.3 Å². The van der Waals surface area contributed by atoms with Gasteiger partial charge in [0.2, 0.25) is 21.8 Å². The Bertz CT molecular complexity index is 1390. The first kappa shape index (κ1) is 30.3. The van der Waals surface area contributed by atoms with Gasteiger partial charge in [-0.1, -0.05) is 65.7 Å². The molecule has 0 aliphatic heterocycles. The lowest BCUT2D eigenvalue weighted by Crippen LogP contribution is -2.53. The number of carbonyl (C=O) groups excluding carboxylic acids is 2. The maximum Gasteiger partial charge on any atom is 0.244 e. The van der Waals surface area contributed by atoms with Gasteiger partial charge in [0, 0.05) is 29.6 Å². The number of likely N-dealkylation sites (N-methyl/N-ethyl adjacent to an activating group) is 1. The van der Waals surface area contributed by atoms with E-state index in [9.17, 15) is 18.0 Å². The van der Waals surface area contributed by atoms with Crippen LogP contribution in [0.2, 0.25) is 10.0 Å². The Morgan fingerprint density at radius 1 is 0.949 bits per heavy atom. The maximum absolute atomic E-state index is 14.0. The molecule has 2 amide bonds. The molecule has 8 nitrogen and oxygen atoms in total. The minimum atomic E-state index is -3.96. The summed E-state index contributed by atoms with van der Waals surface area (Å²) in [4.78, 5) is 28.7. The zero-order valence-electron chi connectivity index (χ0n) is 21.9. The number of benzene rings is 3. The zero-order chi connectivity index (χ0) is 28.6. The van der Waals surface area contributed by atoms with Crippen molar-refractivity contribution in [3.8, 4) is 5.75 Å². The zero-order valence-corrected chi connectivity index (χ0v) is 24.3. The van der Waals surface area contributed by atoms with Crippen molar-refractivity contribution < 1.29 is 22.7 Å². The summed E-state index contributed by atoms with van der Waals surface area (Å²) in [6, 6.07) is 19.8. The van der Waals surface area contributed by atoms with Crippen LogP contribution < -0.4 is 14.4 Å². The van der Waals surface area contributed by atoms with Crippen LogP contribution in [-0.4, -0.2) is 57.6 Å². The minimum absolute atomic E-state index is 0.0505. The molecule has 39 heavy (non-hydrogen) atoms. The van der Waals surface area contributed by atoms with E-state index in [1.54, 1.807) is 37.3 Å². The Hall–Kier alpha value is -3.27. The molecular weight excluding hydrogens is 561 g/mol. The summed E-state index contributed by atoms with van der Waals surface area (Å²) in [6.07, 6.45) is 1.22. The highest BCUT2D eigenvalue weighted by molar-refractivity contribution is 7.92. The lowest BCUT2D eigenvalue weighted by atomic mass is 10.0. The molecule has 0 unspecified atom stereocenters. The van der Waals surface area contributed by atoms with Crippen molar-refractivity contribution in [3.63, 3.8) is 0 Å². The number of ether oxygens (including phenoxy) is 1. The molecule has 1 atom stereocenters. The van der Waals surface area contributed by atoms with Crippen molar-refractivity contribution >= 4 is 50.7 Å². The average Bonchev–Trinajstić information content (AvgIpc) is 2.90. The molecule has 1 N–H and O–H groups in total. The van der Waals surface area contributed by atoms with Gasteiger partial charge in [-0.2, -0.15) is 0 Å². The third-order valence-corrected chi connectivity index (χ3v) is 7.59. The third-order valence-electron chi connectivity index (χ3n) is 5.98. The number of nitrogens with one attached hydrogen (secondary N) is 1. The number of nitrogens with zero attached hydrogens (tertiary/aromatic N) is 2. The van der Waals surface area contributed by atoms with Crippen LogP contribution >= 0.6 is 23.2 Å². The van der Waals surface area contributed by atoms with E-state index in [2.05, 4.69) is 5.32 Å². The topological polar surface area (TPSA) is 96.0 Å². The molecule has 0 aliphatic rings. The molecule has 0 fully saturated rings. The van der Waals surface area contributed by atoms with Crippen molar-refractivity contribution in [3.05, 3.63) is 94.0 Å². The summed E-state index contributed by atoms with van der Waals surface area (Å²) in [5.41, 5.74) is 1.69. The fraction of sp³-hybridized carbons (Fsp3) is 0.286. The lowest BCUT2D eigenvalue weighted by Gasteiger charge is -2.33. The van der Waals surface area contributed by atoms with E-state index in [1.807, 2.05) is 30.3 Å². The first-order chi connectivity index (χ1) is 18.5. The van der Waals surface area contributed by atoms with Gasteiger partial charge in [-0.05, 0) is 48.4 Å². The van der Waals surface area contributed by atoms with Crippen LogP contribution in [0.1, 0.15) is 18.1 Å². The van der Waals surface area contributed by atoms with E-state index in [1.165, 1.54) is 24.1 Å². The molecule has 0 heterocycles. The van der Waals surface area contributed by atoms with Crippen LogP contribution in [0.15, 0.2) is 72.8 Å². The van der Waals surface area contributed by atoms with Crippen LogP contribution in [-0.2, 0) is 32.6 Å². The van der Waals surface area contributed by atoms with Crippen LogP contribution in [0.5, 0.6) is 5.75 Å². The third kappa shape index (κ3) is 8.36. The number of amides is 2. The van der Waals surface area contributed by atoms with E-state index >= 15 is 0 Å². The number of hydrogen-bond acceptors (Lipinski definition) is 5. The molecule has 0 radical (unpaired) electrons. The average molecular weight is 593 g/mol. The normalized spacial score (nSPS) is 11.9. The molecule has 0 bridgehead atoms. The number of sulfonamides is 1. The SMILES string of the molecule is CCNC(=O)[C@H](Cc1ccccc1)N(Cc1ccc(Cl)cc1)C(=O)CN(c1cc(Cl)ccc1OC)S(C)(=O)=O. The Labute approximate surface area is 239 Å². The van der Waals surface area contributed by atoms with Crippen molar-refractivity contribution in [1.29, 1.82) is 0 Å². The van der Waals surface area contributed by atoms with Gasteiger partial charge in [0.05, 0.1) is 19.1 Å². The van der Waals surface area contributed by atoms with Crippen LogP contribution in [0.3, 0.4) is 0 Å². The highest BCUT2D eigenvalue weighted by Gasteiger charge is 2.33. The second-order valence-corrected chi connectivity index (χ2v) is 11.6. The molecule has 0 saturated carbocycles. The number of carbonyl (C=O) groups is 2. The fourth-order valence-electron chi connectivity index (χ4n) is 4.09. The van der Waals surface area contributed by atoms with Crippen molar-refractivity contribution in [1.82, 2.24) is 10.2 Å². The lowest BCUT2D eigenvalue weighted by molar-refractivity contribution is -0.140. The summed E-state index contributed by atoms with van der Waals surface area (Å²) >= 11 is 12.2. The largest absolute Gasteiger partial charge is 0.495 e. The van der Waals surface area contributed by atoms with Crippen LogP contribution in [0.25, 0.3) is 0 Å². The van der Waals surface area contributed by atoms with Crippen molar-refractivity contribution in [2.75, 3.05) is 30.8 Å². The number of methoxy groups -OCH3 is 1. The molecule has 3 aromatic carbocycles. The van der Waals surface area contributed by atoms with Gasteiger partial charge in [-0.25, -0.2) is 8.42 Å². The Balaban J connectivity index is 2.07. The first-order valence-electron chi connectivity index (χ1n) is 12.2. The number of rotatable bonds is 12. The molecule has 208 valence electrons. The minimum Gasteiger partial charge on any atom is -0.495 e. The summed E-state index contributed by atoms with van der Waals surface area (Å²) in [5.74, 6) is -0.703. The molecule has 3 rings (SSSR count). The van der Waals surface area contributed by atoms with E-state index < -0.39 is 28.5 Å². The quantitative estimate of drug-likeness (QED) is 0.333. The molecular formula is C28H31Cl2N3O5S. The number of anilines is 1. The predicted molar refractivity (Wildman–Crippen MR) is 155 cm³/mol. The highest BCUT2D eigenvalue weighted by atomic mass is 35.5. The molecule has 0 aliphatic carbocycles. The van der Waals surface area contributed by atoms with Gasteiger partial charge in [-0.3, -0.25) is 13.9 Å². The summed E-state index contributed by atoms with van der Waals surface area (Å²) in [6.45, 7) is 1.63. The second kappa shape index (κ2) is 13.7. The summed E-state index contributed by atoms with van der Waals surface area (Å²) in [7, 11) is -2.56. The Morgan fingerprint density at radius 2 is 1.59 bits per heavy atom. The van der Waals surface area contributed by atoms with Gasteiger partial charge >= 0.3 is 0 Å². The number of halogens is 2. The van der Waals surface area contributed by atoms with E-state index in [4.69, 9.17) is 27.9 Å². The standard InChI is InChI=1S/C28H31Cl2N3O5S/c1-4-31-28(35)25(16-20-8-6-5-7-9-20)32(18-21-10-12-22(29)13-11-21)27(34)19-33(39(3,36)37)24-17-23(30)14-15-26(24)38-2/h5-15,17,25H,4,16,18-19H2,1-3H3,(H,31,35)/t25-/m0/s1. The maximum atomic E-state index is 14.0. The Kier molecular flexibility index (Phi) is 10.6. The molecule has 0 spiro atoms. The van der Waals surface area contributed by atoms with Crippen LogP contribution in [0, 0.1) is 0 Å². The van der Waals surface area contributed by atoms with Gasteiger partial charge in [0.25, 0.3) is 0 Å². The van der Waals surface area contributed by atoms with Gasteiger partial charge < -0.3 is 15.0 Å². The number of hydrogen-bond donors (Lipinski definition) is 1. The van der Waals surface area contributed by atoms with E-state index in [0.717, 1.165) is 21.7 Å². The summed E-state index contributed by atoms with van der Waals surface area (Å²) in [5, 5.41) is 3.61. The second-order valence-electron chi connectivity index (χ2n) is 8.83.